The Labute approximate surface area is 104 Å². The van der Waals surface area contributed by atoms with E-state index in [1.165, 1.54) is 16.8 Å². The zero-order chi connectivity index (χ0) is 12.3. The van der Waals surface area contributed by atoms with Crippen LogP contribution in [0.1, 0.15) is 32.4 Å². The molecule has 0 aliphatic rings. The highest BCUT2D eigenvalue weighted by atomic mass is 14.7. The van der Waals surface area contributed by atoms with Gasteiger partial charge in [-0.05, 0) is 17.5 Å². The molecule has 1 aromatic heterocycles. The standard InChI is InChI=1S/C16H19N/c1-12(2)13(3)16-10-9-15(11-17-16)14-7-5-4-6-8-14/h4-13H,1-3H3. The van der Waals surface area contributed by atoms with E-state index in [4.69, 9.17) is 0 Å². The third-order valence-electron chi connectivity index (χ3n) is 3.36. The molecule has 1 heteroatoms. The third-order valence-corrected chi connectivity index (χ3v) is 3.36. The smallest absolute Gasteiger partial charge is 0.0434 e. The first-order chi connectivity index (χ1) is 8.18. The molecule has 1 atom stereocenters. The average Bonchev–Trinajstić information content (AvgIpc) is 2.39. The van der Waals surface area contributed by atoms with E-state index < -0.39 is 0 Å². The van der Waals surface area contributed by atoms with Crippen molar-refractivity contribution in [2.24, 2.45) is 5.92 Å². The van der Waals surface area contributed by atoms with Gasteiger partial charge in [0.1, 0.15) is 0 Å². The van der Waals surface area contributed by atoms with Crippen LogP contribution < -0.4 is 0 Å². The first-order valence-corrected chi connectivity index (χ1v) is 6.20. The van der Waals surface area contributed by atoms with Crippen molar-refractivity contribution in [2.45, 2.75) is 26.7 Å². The molecular formula is C16H19N. The number of aromatic nitrogens is 1. The minimum absolute atomic E-state index is 0.514. The van der Waals surface area contributed by atoms with Crippen LogP contribution in [0.15, 0.2) is 48.7 Å². The van der Waals surface area contributed by atoms with Gasteiger partial charge >= 0.3 is 0 Å². The lowest BCUT2D eigenvalue weighted by molar-refractivity contribution is 0.524. The van der Waals surface area contributed by atoms with Crippen molar-refractivity contribution in [3.63, 3.8) is 0 Å². The predicted octanol–water partition coefficient (Wildman–Crippen LogP) is 4.51. The van der Waals surface area contributed by atoms with Gasteiger partial charge in [0.25, 0.3) is 0 Å². The Bertz CT molecular complexity index is 457. The number of hydrogen-bond acceptors (Lipinski definition) is 1. The van der Waals surface area contributed by atoms with Crippen LogP contribution in [0.3, 0.4) is 0 Å². The highest BCUT2D eigenvalue weighted by molar-refractivity contribution is 5.62. The molecule has 1 heterocycles. The molecule has 0 radical (unpaired) electrons. The third kappa shape index (κ3) is 2.73. The molecule has 0 saturated carbocycles. The molecule has 0 aliphatic heterocycles. The van der Waals surface area contributed by atoms with Crippen LogP contribution >= 0.6 is 0 Å². The first-order valence-electron chi connectivity index (χ1n) is 6.20. The van der Waals surface area contributed by atoms with Gasteiger partial charge in [-0.2, -0.15) is 0 Å². The maximum atomic E-state index is 4.58. The summed E-state index contributed by atoms with van der Waals surface area (Å²) in [7, 11) is 0. The summed E-state index contributed by atoms with van der Waals surface area (Å²) < 4.78 is 0. The summed E-state index contributed by atoms with van der Waals surface area (Å²) in [5, 5.41) is 0. The highest BCUT2D eigenvalue weighted by Gasteiger charge is 2.10. The molecule has 1 aromatic carbocycles. The van der Waals surface area contributed by atoms with E-state index in [1.54, 1.807) is 0 Å². The van der Waals surface area contributed by atoms with Crippen molar-refractivity contribution in [2.75, 3.05) is 0 Å². The Hall–Kier alpha value is -1.63. The van der Waals surface area contributed by atoms with Gasteiger partial charge in [0.05, 0.1) is 0 Å². The lowest BCUT2D eigenvalue weighted by Crippen LogP contribution is -2.03. The zero-order valence-electron chi connectivity index (χ0n) is 10.7. The number of hydrogen-bond donors (Lipinski definition) is 0. The lowest BCUT2D eigenvalue weighted by Gasteiger charge is -2.15. The van der Waals surface area contributed by atoms with Crippen molar-refractivity contribution in [3.05, 3.63) is 54.4 Å². The van der Waals surface area contributed by atoms with Crippen molar-refractivity contribution in [1.82, 2.24) is 4.98 Å². The molecular weight excluding hydrogens is 206 g/mol. The largest absolute Gasteiger partial charge is 0.260 e. The van der Waals surface area contributed by atoms with Crippen molar-refractivity contribution < 1.29 is 0 Å². The van der Waals surface area contributed by atoms with E-state index in [0.29, 0.717) is 11.8 Å². The molecule has 0 fully saturated rings. The molecule has 17 heavy (non-hydrogen) atoms. The molecule has 0 saturated heterocycles. The first kappa shape index (κ1) is 11.8. The van der Waals surface area contributed by atoms with Crippen LogP contribution in [0.4, 0.5) is 0 Å². The van der Waals surface area contributed by atoms with E-state index >= 15 is 0 Å². The lowest BCUT2D eigenvalue weighted by atomic mass is 9.94. The van der Waals surface area contributed by atoms with Crippen LogP contribution in [0.25, 0.3) is 11.1 Å². The average molecular weight is 225 g/mol. The maximum Gasteiger partial charge on any atom is 0.0434 e. The van der Waals surface area contributed by atoms with Gasteiger partial charge in [-0.15, -0.1) is 0 Å². The Morgan fingerprint density at radius 2 is 1.53 bits per heavy atom. The summed E-state index contributed by atoms with van der Waals surface area (Å²) in [5.41, 5.74) is 3.59. The van der Waals surface area contributed by atoms with E-state index in [1.807, 2.05) is 12.3 Å². The van der Waals surface area contributed by atoms with E-state index in [-0.39, 0.29) is 0 Å². The summed E-state index contributed by atoms with van der Waals surface area (Å²) in [6, 6.07) is 14.7. The van der Waals surface area contributed by atoms with Crippen LogP contribution in [-0.4, -0.2) is 4.98 Å². The van der Waals surface area contributed by atoms with E-state index in [0.717, 1.165) is 0 Å². The Morgan fingerprint density at radius 3 is 2.06 bits per heavy atom. The van der Waals surface area contributed by atoms with Crippen molar-refractivity contribution >= 4 is 0 Å². The van der Waals surface area contributed by atoms with Crippen molar-refractivity contribution in [1.29, 1.82) is 0 Å². The quantitative estimate of drug-likeness (QED) is 0.749. The van der Waals surface area contributed by atoms with Crippen LogP contribution in [0.2, 0.25) is 0 Å². The van der Waals surface area contributed by atoms with Crippen LogP contribution in [0.5, 0.6) is 0 Å². The molecule has 0 bridgehead atoms. The minimum Gasteiger partial charge on any atom is -0.260 e. The SMILES string of the molecule is CC(C)C(C)c1ccc(-c2ccccc2)cn1. The molecule has 88 valence electrons. The normalized spacial score (nSPS) is 12.7. The summed E-state index contributed by atoms with van der Waals surface area (Å²) in [5.74, 6) is 1.14. The van der Waals surface area contributed by atoms with E-state index in [2.05, 4.69) is 62.2 Å². The predicted molar refractivity (Wildman–Crippen MR) is 72.9 cm³/mol. The highest BCUT2D eigenvalue weighted by Crippen LogP contribution is 2.24. The number of benzene rings is 1. The second-order valence-corrected chi connectivity index (χ2v) is 4.87. The number of nitrogens with zero attached hydrogens (tertiary/aromatic N) is 1. The zero-order valence-corrected chi connectivity index (χ0v) is 10.7. The van der Waals surface area contributed by atoms with Gasteiger partial charge < -0.3 is 0 Å². The van der Waals surface area contributed by atoms with Gasteiger partial charge in [-0.1, -0.05) is 57.2 Å². The van der Waals surface area contributed by atoms with Gasteiger partial charge in [0.2, 0.25) is 0 Å². The molecule has 1 nitrogen and oxygen atoms in total. The molecule has 0 aliphatic carbocycles. The number of pyridine rings is 1. The van der Waals surface area contributed by atoms with E-state index in [9.17, 15) is 0 Å². The van der Waals surface area contributed by atoms with Gasteiger partial charge in [0.15, 0.2) is 0 Å². The Kier molecular flexibility index (Phi) is 3.58. The molecule has 1 unspecified atom stereocenters. The molecule has 0 N–H and O–H groups in total. The second-order valence-electron chi connectivity index (χ2n) is 4.87. The fraction of sp³-hybridized carbons (Fsp3) is 0.312. The Balaban J connectivity index is 2.25. The van der Waals surface area contributed by atoms with Crippen molar-refractivity contribution in [3.8, 4) is 11.1 Å². The Morgan fingerprint density at radius 1 is 0.824 bits per heavy atom. The van der Waals surface area contributed by atoms with Gasteiger partial charge in [0, 0.05) is 23.4 Å². The van der Waals surface area contributed by atoms with Crippen LogP contribution in [-0.2, 0) is 0 Å². The fourth-order valence-electron chi connectivity index (χ4n) is 1.82. The summed E-state index contributed by atoms with van der Waals surface area (Å²) in [6.07, 6.45) is 1.98. The maximum absolute atomic E-state index is 4.58. The molecule has 2 aromatic rings. The van der Waals surface area contributed by atoms with Gasteiger partial charge in [-0.3, -0.25) is 4.98 Å². The van der Waals surface area contributed by atoms with Gasteiger partial charge in [-0.25, -0.2) is 0 Å². The fourth-order valence-corrected chi connectivity index (χ4v) is 1.82. The molecule has 0 spiro atoms. The second kappa shape index (κ2) is 5.13. The molecule has 0 amide bonds. The molecule has 2 rings (SSSR count). The summed E-state index contributed by atoms with van der Waals surface area (Å²) in [6.45, 7) is 6.70. The summed E-state index contributed by atoms with van der Waals surface area (Å²) in [4.78, 5) is 4.58. The number of rotatable bonds is 3. The minimum atomic E-state index is 0.514. The monoisotopic (exact) mass is 225 g/mol. The van der Waals surface area contributed by atoms with Crippen LogP contribution in [0, 0.1) is 5.92 Å². The summed E-state index contributed by atoms with van der Waals surface area (Å²) >= 11 is 0. The topological polar surface area (TPSA) is 12.9 Å².